The normalized spacial score (nSPS) is 11.4. The summed E-state index contributed by atoms with van der Waals surface area (Å²) in [6, 6.07) is 19.5. The van der Waals surface area contributed by atoms with Gasteiger partial charge in [-0.05, 0) is 67.8 Å². The molecule has 8 nitrogen and oxygen atoms in total. The topological polar surface area (TPSA) is 115 Å². The number of halogens is 3. The molecule has 5 rings (SSSR count). The number of carboxylic acid groups (broad SMARTS) is 1. The minimum Gasteiger partial charge on any atom is -0.493 e. The van der Waals surface area contributed by atoms with Gasteiger partial charge in [0.1, 0.15) is 21.4 Å². The molecule has 0 aliphatic rings. The van der Waals surface area contributed by atoms with Gasteiger partial charge in [0.05, 0.1) is 23.6 Å². The van der Waals surface area contributed by atoms with Crippen molar-refractivity contribution in [3.8, 4) is 27.8 Å². The van der Waals surface area contributed by atoms with Crippen LogP contribution >= 0.6 is 11.3 Å². The number of aromatic nitrogens is 2. The van der Waals surface area contributed by atoms with Crippen LogP contribution in [0.4, 0.5) is 13.2 Å². The number of aryl methyl sites for hydroxylation is 3. The maximum absolute atomic E-state index is 13.2. The Labute approximate surface area is 266 Å². The fourth-order valence-electron chi connectivity index (χ4n) is 4.76. The highest BCUT2D eigenvalue weighted by atomic mass is 32.1. The Balaban J connectivity index is 1.25. The first-order chi connectivity index (χ1) is 22.0. The van der Waals surface area contributed by atoms with Crippen LogP contribution in [-0.4, -0.2) is 33.6 Å². The number of alkyl halides is 3. The van der Waals surface area contributed by atoms with E-state index < -0.39 is 23.6 Å². The smallest absolute Gasteiger partial charge is 0.416 e. The molecule has 12 heteroatoms. The molecule has 3 aromatic carbocycles. The number of nitrogens with zero attached hydrogens (tertiary/aromatic N) is 2. The highest BCUT2D eigenvalue weighted by Gasteiger charge is 2.30. The summed E-state index contributed by atoms with van der Waals surface area (Å²) in [6.07, 6.45) is -3.77. The Morgan fingerprint density at radius 3 is 2.37 bits per heavy atom. The monoisotopic (exact) mass is 649 g/mol. The Bertz CT molecular complexity index is 1830. The number of hydrogen-bond donors (Lipinski definition) is 2. The summed E-state index contributed by atoms with van der Waals surface area (Å²) in [5, 5.41) is 12.5. The second-order valence-corrected chi connectivity index (χ2v) is 11.5. The molecule has 0 saturated carbocycles. The second-order valence-electron chi connectivity index (χ2n) is 10.5. The van der Waals surface area contributed by atoms with Crippen LogP contribution in [0.5, 0.6) is 5.75 Å². The molecule has 0 bridgehead atoms. The number of hydrogen-bond acceptors (Lipinski definition) is 7. The molecular formula is C34H30F3N3O5S. The number of carbonyl (C=O) groups excluding carboxylic acids is 1. The molecule has 2 heterocycles. The van der Waals surface area contributed by atoms with E-state index in [9.17, 15) is 27.9 Å². The van der Waals surface area contributed by atoms with E-state index in [1.165, 1.54) is 12.1 Å². The summed E-state index contributed by atoms with van der Waals surface area (Å²) >= 11 is 1.08. The van der Waals surface area contributed by atoms with Gasteiger partial charge in [0.2, 0.25) is 5.89 Å². The zero-order chi connectivity index (χ0) is 32.8. The van der Waals surface area contributed by atoms with E-state index in [2.05, 4.69) is 15.3 Å². The van der Waals surface area contributed by atoms with E-state index >= 15 is 0 Å². The third kappa shape index (κ3) is 7.99. The van der Waals surface area contributed by atoms with E-state index in [1.54, 1.807) is 25.1 Å². The lowest BCUT2D eigenvalue weighted by Crippen LogP contribution is -2.23. The van der Waals surface area contributed by atoms with Gasteiger partial charge in [-0.3, -0.25) is 9.59 Å². The van der Waals surface area contributed by atoms with Crippen LogP contribution in [0, 0.1) is 13.8 Å². The van der Waals surface area contributed by atoms with Crippen LogP contribution in [0.3, 0.4) is 0 Å². The maximum atomic E-state index is 13.2. The van der Waals surface area contributed by atoms with E-state index in [4.69, 9.17) is 9.15 Å². The number of thiazole rings is 1. The molecule has 0 atom stereocenters. The molecule has 0 radical (unpaired) electrons. The largest absolute Gasteiger partial charge is 0.493 e. The van der Waals surface area contributed by atoms with Crippen molar-refractivity contribution in [3.63, 3.8) is 0 Å². The standard InChI is InChI=1S/C34H30F3N3O5S/c1-20-30(46-33(39-20)24-8-12-26(13-9-24)34(35,36)37)31(43)38-19-25-18-27(14-10-22(25)11-15-29(41)42)44-17-16-28-21(2)45-32(40-28)23-6-4-3-5-7-23/h3-10,12-14,18H,11,15-17,19H2,1-2H3,(H,38,43)(H,41,42). The summed E-state index contributed by atoms with van der Waals surface area (Å²) in [7, 11) is 0. The van der Waals surface area contributed by atoms with Crippen LogP contribution in [0.1, 0.15) is 49.9 Å². The van der Waals surface area contributed by atoms with Crippen LogP contribution in [-0.2, 0) is 30.4 Å². The van der Waals surface area contributed by atoms with Crippen molar-refractivity contribution in [1.29, 1.82) is 0 Å². The van der Waals surface area contributed by atoms with Crippen molar-refractivity contribution in [3.05, 3.63) is 112 Å². The lowest BCUT2D eigenvalue weighted by Gasteiger charge is -2.13. The molecule has 0 fully saturated rings. The van der Waals surface area contributed by atoms with Gasteiger partial charge in [0.25, 0.3) is 5.91 Å². The number of benzene rings is 3. The summed E-state index contributed by atoms with van der Waals surface area (Å²) in [5.74, 6) is 0.446. The molecule has 0 aliphatic carbocycles. The zero-order valence-electron chi connectivity index (χ0n) is 25.0. The number of aliphatic carboxylic acids is 1. The number of amides is 1. The van der Waals surface area contributed by atoms with E-state index in [-0.39, 0.29) is 19.4 Å². The van der Waals surface area contributed by atoms with Crippen molar-refractivity contribution >= 4 is 23.2 Å². The quantitative estimate of drug-likeness (QED) is 0.143. The molecule has 238 valence electrons. The lowest BCUT2D eigenvalue weighted by molar-refractivity contribution is -0.138. The highest BCUT2D eigenvalue weighted by molar-refractivity contribution is 7.17. The molecule has 2 aromatic heterocycles. The molecule has 0 aliphatic heterocycles. The molecule has 0 spiro atoms. The van der Waals surface area contributed by atoms with Crippen LogP contribution in [0.2, 0.25) is 0 Å². The molecule has 1 amide bonds. The predicted molar refractivity (Wildman–Crippen MR) is 167 cm³/mol. The average Bonchev–Trinajstić information content (AvgIpc) is 3.61. The molecule has 0 saturated heterocycles. The molecule has 5 aromatic rings. The predicted octanol–water partition coefficient (Wildman–Crippen LogP) is 7.67. The first-order valence-electron chi connectivity index (χ1n) is 14.4. The Hall–Kier alpha value is -4.97. The van der Waals surface area contributed by atoms with Crippen LogP contribution in [0.15, 0.2) is 77.2 Å². The van der Waals surface area contributed by atoms with Gasteiger partial charge in [0.15, 0.2) is 0 Å². The fraction of sp³-hybridized carbons (Fsp3) is 0.235. The Kier molecular flexibility index (Phi) is 9.86. The minimum atomic E-state index is -4.45. The fourth-order valence-corrected chi connectivity index (χ4v) is 5.75. The SMILES string of the molecule is Cc1nc(-c2ccc(C(F)(F)F)cc2)sc1C(=O)NCc1cc(OCCc2nc(-c3ccccc3)oc2C)ccc1CCC(=O)O. The lowest BCUT2D eigenvalue weighted by atomic mass is 10.0. The second kappa shape index (κ2) is 14.0. The van der Waals surface area contributed by atoms with Gasteiger partial charge in [-0.15, -0.1) is 11.3 Å². The van der Waals surface area contributed by atoms with Crippen molar-refractivity contribution < 1.29 is 37.0 Å². The average molecular weight is 650 g/mol. The number of oxazole rings is 1. The zero-order valence-corrected chi connectivity index (χ0v) is 25.8. The molecule has 46 heavy (non-hydrogen) atoms. The Morgan fingerprint density at radius 2 is 1.67 bits per heavy atom. The van der Waals surface area contributed by atoms with Crippen LogP contribution < -0.4 is 10.1 Å². The number of rotatable bonds is 12. The van der Waals surface area contributed by atoms with Crippen LogP contribution in [0.25, 0.3) is 22.0 Å². The van der Waals surface area contributed by atoms with E-state index in [0.717, 1.165) is 40.3 Å². The Morgan fingerprint density at radius 1 is 0.935 bits per heavy atom. The van der Waals surface area contributed by atoms with E-state index in [0.29, 0.717) is 57.1 Å². The van der Waals surface area contributed by atoms with Crippen molar-refractivity contribution in [2.75, 3.05) is 6.61 Å². The number of carboxylic acids is 1. The van der Waals surface area contributed by atoms with Gasteiger partial charge in [-0.1, -0.05) is 36.4 Å². The number of carbonyl (C=O) groups is 2. The first-order valence-corrected chi connectivity index (χ1v) is 15.2. The maximum Gasteiger partial charge on any atom is 0.416 e. The summed E-state index contributed by atoms with van der Waals surface area (Å²) in [5.41, 5.74) is 3.25. The molecule has 0 unspecified atom stereocenters. The number of ether oxygens (including phenoxy) is 1. The van der Waals surface area contributed by atoms with Gasteiger partial charge in [-0.25, -0.2) is 9.97 Å². The first kappa shape index (κ1) is 32.4. The van der Waals surface area contributed by atoms with Gasteiger partial charge in [0, 0.05) is 30.5 Å². The van der Waals surface area contributed by atoms with Gasteiger partial charge < -0.3 is 19.6 Å². The third-order valence-corrected chi connectivity index (χ3v) is 8.41. The summed E-state index contributed by atoms with van der Waals surface area (Å²) in [4.78, 5) is 33.7. The summed E-state index contributed by atoms with van der Waals surface area (Å²) < 4.78 is 50.7. The highest BCUT2D eigenvalue weighted by Crippen LogP contribution is 2.33. The number of nitrogens with one attached hydrogen (secondary N) is 1. The van der Waals surface area contributed by atoms with Crippen molar-refractivity contribution in [2.45, 2.75) is 45.8 Å². The summed E-state index contributed by atoms with van der Waals surface area (Å²) in [6.45, 7) is 3.92. The van der Waals surface area contributed by atoms with Crippen molar-refractivity contribution in [2.24, 2.45) is 0 Å². The minimum absolute atomic E-state index is 0.0826. The molecular weight excluding hydrogens is 619 g/mol. The van der Waals surface area contributed by atoms with E-state index in [1.807, 2.05) is 37.3 Å². The van der Waals surface area contributed by atoms with Crippen molar-refractivity contribution in [1.82, 2.24) is 15.3 Å². The molecule has 2 N–H and O–H groups in total. The van der Waals surface area contributed by atoms with Gasteiger partial charge in [-0.2, -0.15) is 13.2 Å². The van der Waals surface area contributed by atoms with Gasteiger partial charge >= 0.3 is 12.1 Å². The third-order valence-electron chi connectivity index (χ3n) is 7.21.